The topological polar surface area (TPSA) is 80.0 Å². The maximum atomic E-state index is 11.6. The summed E-state index contributed by atoms with van der Waals surface area (Å²) >= 11 is 0. The number of hydrogen-bond acceptors (Lipinski definition) is 5. The maximum Gasteiger partial charge on any atom is 0.292 e. The van der Waals surface area contributed by atoms with E-state index in [2.05, 4.69) is 27.4 Å². The first-order valence-electron chi connectivity index (χ1n) is 5.77. The van der Waals surface area contributed by atoms with Crippen molar-refractivity contribution in [1.82, 2.24) is 20.8 Å². The average molecular weight is 236 g/mol. The second-order valence-corrected chi connectivity index (χ2v) is 3.94. The molecule has 2 N–H and O–H groups in total. The van der Waals surface area contributed by atoms with E-state index in [1.54, 1.807) is 6.08 Å². The molecule has 6 heteroatoms. The van der Waals surface area contributed by atoms with Gasteiger partial charge in [0.05, 0.1) is 6.04 Å². The van der Waals surface area contributed by atoms with Crippen LogP contribution in [0.15, 0.2) is 17.2 Å². The molecule has 0 radical (unpaired) electrons. The molecule has 1 fully saturated rings. The van der Waals surface area contributed by atoms with Gasteiger partial charge in [0, 0.05) is 6.54 Å². The monoisotopic (exact) mass is 236 g/mol. The summed E-state index contributed by atoms with van der Waals surface area (Å²) in [5.41, 5.74) is 0. The molecule has 6 nitrogen and oxygen atoms in total. The molecule has 1 aromatic rings. The van der Waals surface area contributed by atoms with Gasteiger partial charge in [-0.3, -0.25) is 4.79 Å². The highest BCUT2D eigenvalue weighted by molar-refractivity contribution is 5.90. The Kier molecular flexibility index (Phi) is 3.87. The van der Waals surface area contributed by atoms with Crippen LogP contribution >= 0.6 is 0 Å². The SMILES string of the molecule is C=CCCNC(=O)c1noc(C2CCCN2)n1. The normalized spacial score (nSPS) is 19.2. The summed E-state index contributed by atoms with van der Waals surface area (Å²) in [5.74, 6) is 0.286. The van der Waals surface area contributed by atoms with E-state index in [-0.39, 0.29) is 17.8 Å². The van der Waals surface area contributed by atoms with Crippen LogP contribution in [0.4, 0.5) is 0 Å². The molecule has 0 aliphatic carbocycles. The predicted octanol–water partition coefficient (Wildman–Crippen LogP) is 0.800. The zero-order valence-electron chi connectivity index (χ0n) is 9.61. The summed E-state index contributed by atoms with van der Waals surface area (Å²) in [4.78, 5) is 15.7. The number of carbonyl (C=O) groups excluding carboxylic acids is 1. The second kappa shape index (κ2) is 5.58. The molecule has 1 aliphatic rings. The van der Waals surface area contributed by atoms with Crippen molar-refractivity contribution in [3.8, 4) is 0 Å². The number of nitrogens with zero attached hydrogens (tertiary/aromatic N) is 2. The molecule has 1 aromatic heterocycles. The van der Waals surface area contributed by atoms with Crippen LogP contribution in [0.25, 0.3) is 0 Å². The summed E-state index contributed by atoms with van der Waals surface area (Å²) in [6.45, 7) is 5.07. The van der Waals surface area contributed by atoms with Crippen LogP contribution in [0.1, 0.15) is 41.8 Å². The summed E-state index contributed by atoms with van der Waals surface area (Å²) in [6, 6.07) is 0.0947. The van der Waals surface area contributed by atoms with Crippen molar-refractivity contribution >= 4 is 5.91 Å². The average Bonchev–Trinajstić information content (AvgIpc) is 3.00. The first-order chi connectivity index (χ1) is 8.31. The minimum absolute atomic E-state index is 0.0947. The van der Waals surface area contributed by atoms with E-state index >= 15 is 0 Å². The van der Waals surface area contributed by atoms with Gasteiger partial charge in [-0.15, -0.1) is 6.58 Å². The molecule has 0 bridgehead atoms. The highest BCUT2D eigenvalue weighted by Gasteiger charge is 2.23. The van der Waals surface area contributed by atoms with Crippen molar-refractivity contribution in [3.05, 3.63) is 24.4 Å². The molecule has 0 saturated carbocycles. The number of aromatic nitrogens is 2. The lowest BCUT2D eigenvalue weighted by Gasteiger charge is -2.01. The van der Waals surface area contributed by atoms with Crippen molar-refractivity contribution in [2.45, 2.75) is 25.3 Å². The molecular formula is C11H16N4O2. The number of amides is 1. The van der Waals surface area contributed by atoms with Crippen molar-refractivity contribution in [2.75, 3.05) is 13.1 Å². The minimum Gasteiger partial charge on any atom is -0.349 e. The Bertz CT molecular complexity index is 396. The lowest BCUT2D eigenvalue weighted by molar-refractivity contribution is 0.0941. The summed E-state index contributed by atoms with van der Waals surface area (Å²) in [6.07, 6.45) is 4.53. The molecule has 1 aliphatic heterocycles. The summed E-state index contributed by atoms with van der Waals surface area (Å²) in [7, 11) is 0. The quantitative estimate of drug-likeness (QED) is 0.584. The van der Waals surface area contributed by atoms with Crippen molar-refractivity contribution in [2.24, 2.45) is 0 Å². The van der Waals surface area contributed by atoms with E-state index < -0.39 is 0 Å². The number of carbonyl (C=O) groups is 1. The molecule has 17 heavy (non-hydrogen) atoms. The van der Waals surface area contributed by atoms with Crippen molar-refractivity contribution in [3.63, 3.8) is 0 Å². The molecule has 1 amide bonds. The van der Waals surface area contributed by atoms with Gasteiger partial charge in [-0.1, -0.05) is 11.2 Å². The zero-order valence-corrected chi connectivity index (χ0v) is 9.61. The van der Waals surface area contributed by atoms with Crippen LogP contribution in [0.2, 0.25) is 0 Å². The molecule has 1 saturated heterocycles. The first kappa shape index (κ1) is 11.8. The lowest BCUT2D eigenvalue weighted by atomic mass is 10.2. The molecular weight excluding hydrogens is 220 g/mol. The second-order valence-electron chi connectivity index (χ2n) is 3.94. The number of hydrogen-bond donors (Lipinski definition) is 2. The molecule has 1 unspecified atom stereocenters. The van der Waals surface area contributed by atoms with E-state index in [9.17, 15) is 4.79 Å². The lowest BCUT2D eigenvalue weighted by Crippen LogP contribution is -2.25. The largest absolute Gasteiger partial charge is 0.349 e. The van der Waals surface area contributed by atoms with E-state index in [1.807, 2.05) is 0 Å². The highest BCUT2D eigenvalue weighted by atomic mass is 16.5. The Morgan fingerprint density at radius 2 is 2.59 bits per heavy atom. The van der Waals surface area contributed by atoms with Crippen molar-refractivity contribution in [1.29, 1.82) is 0 Å². The Balaban J connectivity index is 1.92. The van der Waals surface area contributed by atoms with Crippen LogP contribution in [-0.4, -0.2) is 29.1 Å². The number of nitrogens with one attached hydrogen (secondary N) is 2. The molecule has 1 atom stereocenters. The van der Waals surface area contributed by atoms with Gasteiger partial charge in [-0.2, -0.15) is 4.98 Å². The summed E-state index contributed by atoms with van der Waals surface area (Å²) < 4.78 is 5.07. The minimum atomic E-state index is -0.306. The maximum absolute atomic E-state index is 11.6. The van der Waals surface area contributed by atoms with Gasteiger partial charge >= 0.3 is 0 Å². The van der Waals surface area contributed by atoms with Crippen LogP contribution in [-0.2, 0) is 0 Å². The van der Waals surface area contributed by atoms with E-state index in [0.717, 1.165) is 25.8 Å². The van der Waals surface area contributed by atoms with E-state index in [1.165, 1.54) is 0 Å². The molecule has 92 valence electrons. The molecule has 0 spiro atoms. The van der Waals surface area contributed by atoms with Gasteiger partial charge in [-0.25, -0.2) is 0 Å². The van der Waals surface area contributed by atoms with Crippen molar-refractivity contribution < 1.29 is 9.32 Å². The van der Waals surface area contributed by atoms with Crippen LogP contribution in [0.3, 0.4) is 0 Å². The predicted molar refractivity (Wildman–Crippen MR) is 61.4 cm³/mol. The smallest absolute Gasteiger partial charge is 0.292 e. The first-order valence-corrected chi connectivity index (χ1v) is 5.77. The van der Waals surface area contributed by atoms with Gasteiger partial charge in [0.2, 0.25) is 5.89 Å². The standard InChI is InChI=1S/C11H16N4O2/c1-2-3-6-13-10(16)9-14-11(17-15-9)8-5-4-7-12-8/h2,8,12H,1,3-7H2,(H,13,16). The third-order valence-electron chi connectivity index (χ3n) is 2.64. The summed E-state index contributed by atoms with van der Waals surface area (Å²) in [5, 5.41) is 9.60. The van der Waals surface area contributed by atoms with Gasteiger partial charge in [0.15, 0.2) is 0 Å². The van der Waals surface area contributed by atoms with E-state index in [0.29, 0.717) is 12.4 Å². The fraction of sp³-hybridized carbons (Fsp3) is 0.545. The third kappa shape index (κ3) is 2.91. The molecule has 0 aromatic carbocycles. The molecule has 2 rings (SSSR count). The fourth-order valence-electron chi connectivity index (χ4n) is 1.73. The van der Waals surface area contributed by atoms with Crippen LogP contribution in [0, 0.1) is 0 Å². The Hall–Kier alpha value is -1.69. The molecule has 2 heterocycles. The van der Waals surface area contributed by atoms with Crippen LogP contribution in [0.5, 0.6) is 0 Å². The zero-order chi connectivity index (χ0) is 12.1. The van der Waals surface area contributed by atoms with Gasteiger partial charge in [0.1, 0.15) is 0 Å². The van der Waals surface area contributed by atoms with Gasteiger partial charge in [-0.05, 0) is 25.8 Å². The Morgan fingerprint density at radius 3 is 3.29 bits per heavy atom. The van der Waals surface area contributed by atoms with Gasteiger partial charge in [0.25, 0.3) is 11.7 Å². The van der Waals surface area contributed by atoms with Crippen LogP contribution < -0.4 is 10.6 Å². The fourth-order valence-corrected chi connectivity index (χ4v) is 1.73. The van der Waals surface area contributed by atoms with Gasteiger partial charge < -0.3 is 15.2 Å². The Labute approximate surface area is 99.5 Å². The highest BCUT2D eigenvalue weighted by Crippen LogP contribution is 2.20. The van der Waals surface area contributed by atoms with E-state index in [4.69, 9.17) is 4.52 Å². The third-order valence-corrected chi connectivity index (χ3v) is 2.64. The Morgan fingerprint density at radius 1 is 1.71 bits per heavy atom. The number of rotatable bonds is 5.